The zero-order valence-electron chi connectivity index (χ0n) is 9.70. The first-order chi connectivity index (χ1) is 7.59. The minimum absolute atomic E-state index is 0. The van der Waals surface area contributed by atoms with Gasteiger partial charge in [0.25, 0.3) is 0 Å². The van der Waals surface area contributed by atoms with E-state index >= 15 is 0 Å². The third-order valence-electron chi connectivity index (χ3n) is 2.56. The van der Waals surface area contributed by atoms with E-state index in [4.69, 9.17) is 11.6 Å². The van der Waals surface area contributed by atoms with Crippen LogP contribution in [0.5, 0.6) is 0 Å². The molecular weight excluding hydrogens is 311 g/mol. The van der Waals surface area contributed by atoms with Crippen LogP contribution in [0.25, 0.3) is 11.3 Å². The molecule has 4 heteroatoms. The largest absolute Gasteiger partial charge is 0.345 e. The van der Waals surface area contributed by atoms with Crippen molar-refractivity contribution in [1.29, 1.82) is 0 Å². The molecule has 0 saturated heterocycles. The van der Waals surface area contributed by atoms with Crippen LogP contribution in [0.3, 0.4) is 0 Å². The molecule has 0 atom stereocenters. The Balaban J connectivity index is 0.00000144. The van der Waals surface area contributed by atoms with E-state index in [9.17, 15) is 4.79 Å². The van der Waals surface area contributed by atoms with Gasteiger partial charge in [-0.2, -0.15) is 12.1 Å². The van der Waals surface area contributed by atoms with Crippen molar-refractivity contribution in [3.63, 3.8) is 0 Å². The fourth-order valence-corrected chi connectivity index (χ4v) is 1.89. The summed E-state index contributed by atoms with van der Waals surface area (Å²) in [5.74, 6) is 0. The molecule has 0 aliphatic heterocycles. The van der Waals surface area contributed by atoms with Crippen molar-refractivity contribution < 1.29 is 32.7 Å². The van der Waals surface area contributed by atoms with Gasteiger partial charge in [-0.15, -0.1) is 6.07 Å². The predicted octanol–water partition coefficient (Wildman–Crippen LogP) is 2.81. The molecule has 17 heavy (non-hydrogen) atoms. The van der Waals surface area contributed by atoms with Gasteiger partial charge in [0.1, 0.15) is 0 Å². The van der Waals surface area contributed by atoms with E-state index in [-0.39, 0.29) is 38.3 Å². The van der Waals surface area contributed by atoms with Crippen LogP contribution < -0.4 is 5.56 Å². The molecule has 1 aromatic heterocycles. The first-order valence-electron chi connectivity index (χ1n) is 4.94. The monoisotopic (exact) mass is 321 g/mol. The van der Waals surface area contributed by atoms with Crippen molar-refractivity contribution in [3.8, 4) is 11.3 Å². The summed E-state index contributed by atoms with van der Waals surface area (Å²) in [6.45, 7) is 1.96. The van der Waals surface area contributed by atoms with Crippen LogP contribution in [0, 0.1) is 13.0 Å². The van der Waals surface area contributed by atoms with Crippen molar-refractivity contribution in [2.24, 2.45) is 7.05 Å². The maximum atomic E-state index is 11.5. The van der Waals surface area contributed by atoms with Crippen molar-refractivity contribution in [3.05, 3.63) is 57.3 Å². The number of aromatic nitrogens is 1. The number of benzene rings is 1. The zero-order valence-corrected chi connectivity index (χ0v) is 13.3. The SMILES string of the molecule is Cc1cc(Cl)ccc1-c1[c-]ccc(=O)n1C.[Y]. The molecule has 0 amide bonds. The molecule has 0 fully saturated rings. The van der Waals surface area contributed by atoms with Gasteiger partial charge in [-0.25, -0.2) is 0 Å². The van der Waals surface area contributed by atoms with Crippen molar-refractivity contribution in [1.82, 2.24) is 4.57 Å². The molecule has 1 heterocycles. The molecule has 0 N–H and O–H groups in total. The summed E-state index contributed by atoms with van der Waals surface area (Å²) in [6.07, 6.45) is 0. The van der Waals surface area contributed by atoms with Crippen LogP contribution in [0.2, 0.25) is 5.02 Å². The minimum atomic E-state index is -0.0388. The second-order valence-corrected chi connectivity index (χ2v) is 4.12. The summed E-state index contributed by atoms with van der Waals surface area (Å²) in [6, 6.07) is 11.8. The van der Waals surface area contributed by atoms with Crippen LogP contribution >= 0.6 is 11.6 Å². The van der Waals surface area contributed by atoms with Gasteiger partial charge in [-0.05, 0) is 0 Å². The van der Waals surface area contributed by atoms with Gasteiger partial charge in [-0.1, -0.05) is 53.5 Å². The predicted molar refractivity (Wildman–Crippen MR) is 65.7 cm³/mol. The second kappa shape index (κ2) is 5.95. The number of halogens is 1. The molecular formula is C13H11ClNOY-. The first kappa shape index (κ1) is 14.6. The van der Waals surface area contributed by atoms with Crippen LogP contribution in [0.1, 0.15) is 5.56 Å². The fourth-order valence-electron chi connectivity index (χ4n) is 1.66. The topological polar surface area (TPSA) is 22.0 Å². The molecule has 2 nitrogen and oxygen atoms in total. The molecule has 1 radical (unpaired) electrons. The molecule has 1 aromatic carbocycles. The van der Waals surface area contributed by atoms with Gasteiger partial charge in [-0.3, -0.25) is 4.79 Å². The van der Waals surface area contributed by atoms with E-state index < -0.39 is 0 Å². The summed E-state index contributed by atoms with van der Waals surface area (Å²) in [5, 5.41) is 0.696. The third kappa shape index (κ3) is 3.07. The van der Waals surface area contributed by atoms with E-state index in [0.29, 0.717) is 5.02 Å². The average molecular weight is 322 g/mol. The Morgan fingerprint density at radius 3 is 2.65 bits per heavy atom. The normalized spacial score (nSPS) is 9.82. The summed E-state index contributed by atoms with van der Waals surface area (Å²) >= 11 is 5.90. The quantitative estimate of drug-likeness (QED) is 0.740. The molecule has 0 unspecified atom stereocenters. The van der Waals surface area contributed by atoms with E-state index in [1.165, 1.54) is 6.07 Å². The molecule has 85 valence electrons. The number of nitrogens with zero attached hydrogens (tertiary/aromatic N) is 1. The number of hydrogen-bond acceptors (Lipinski definition) is 1. The van der Waals surface area contributed by atoms with Crippen LogP contribution in [0.4, 0.5) is 0 Å². The van der Waals surface area contributed by atoms with Crippen molar-refractivity contribution in [2.75, 3.05) is 0 Å². The number of rotatable bonds is 1. The van der Waals surface area contributed by atoms with Gasteiger partial charge < -0.3 is 4.57 Å². The fraction of sp³-hybridized carbons (Fsp3) is 0.154. The average Bonchev–Trinajstić information content (AvgIpc) is 2.23. The first-order valence-corrected chi connectivity index (χ1v) is 5.31. The van der Waals surface area contributed by atoms with Crippen molar-refractivity contribution >= 4 is 11.6 Å². The van der Waals surface area contributed by atoms with E-state index in [2.05, 4.69) is 6.07 Å². The molecule has 0 spiro atoms. The summed E-state index contributed by atoms with van der Waals surface area (Å²) < 4.78 is 1.58. The maximum Gasteiger partial charge on any atom is 0.194 e. The van der Waals surface area contributed by atoms with Gasteiger partial charge in [0, 0.05) is 44.8 Å². The molecule has 2 rings (SSSR count). The van der Waals surface area contributed by atoms with Crippen molar-refractivity contribution in [2.45, 2.75) is 6.92 Å². The Labute approximate surface area is 130 Å². The standard InChI is InChI=1S/C13H11ClNO.Y/c1-9-8-10(14)6-7-11(9)12-4-3-5-13(16)15(12)2;/h3,5-8H,1-2H3;/q-1;. The third-order valence-corrected chi connectivity index (χ3v) is 2.79. The second-order valence-electron chi connectivity index (χ2n) is 3.68. The summed E-state index contributed by atoms with van der Waals surface area (Å²) in [5.41, 5.74) is 2.75. The van der Waals surface area contributed by atoms with E-state index in [1.807, 2.05) is 25.1 Å². The zero-order chi connectivity index (χ0) is 11.7. The molecule has 0 aliphatic rings. The molecule has 2 aromatic rings. The van der Waals surface area contributed by atoms with Gasteiger partial charge in [0.05, 0.1) is 0 Å². The Bertz CT molecular complexity index is 592. The Hall–Kier alpha value is -0.436. The Kier molecular flexibility index (Phi) is 5.11. The van der Waals surface area contributed by atoms with Gasteiger partial charge >= 0.3 is 0 Å². The van der Waals surface area contributed by atoms with E-state index in [1.54, 1.807) is 17.7 Å². The van der Waals surface area contributed by atoms with Crippen LogP contribution in [-0.4, -0.2) is 4.57 Å². The number of pyridine rings is 1. The van der Waals surface area contributed by atoms with Gasteiger partial charge in [0.2, 0.25) is 0 Å². The number of aryl methyl sites for hydroxylation is 1. The minimum Gasteiger partial charge on any atom is -0.345 e. The smallest absolute Gasteiger partial charge is 0.194 e. The summed E-state index contributed by atoms with van der Waals surface area (Å²) in [4.78, 5) is 11.5. The molecule has 0 bridgehead atoms. The number of hydrogen-bond donors (Lipinski definition) is 0. The Morgan fingerprint density at radius 1 is 1.29 bits per heavy atom. The van der Waals surface area contributed by atoms with Crippen LogP contribution in [0.15, 0.2) is 35.1 Å². The summed E-state index contributed by atoms with van der Waals surface area (Å²) in [7, 11) is 1.74. The Morgan fingerprint density at radius 2 is 2.00 bits per heavy atom. The maximum absolute atomic E-state index is 11.5. The van der Waals surface area contributed by atoms with Gasteiger partial charge in [0.15, 0.2) is 5.56 Å². The van der Waals surface area contributed by atoms with E-state index in [0.717, 1.165) is 16.8 Å². The molecule has 0 aliphatic carbocycles. The molecule has 0 saturated carbocycles. The van der Waals surface area contributed by atoms with Crippen LogP contribution in [-0.2, 0) is 39.8 Å².